The van der Waals surface area contributed by atoms with Gasteiger partial charge in [-0.1, -0.05) is 49.4 Å². The number of methoxy groups -OCH3 is 1. The standard InChI is InChI=1S/C24H33FN2O/c1-4-26-15-17-27(18-16-26)22-12-8-11-21(19-22)24(2,28-3)23(13-14-25)20-9-6-5-7-10-20/h5-12,19,23H,4,13-18H2,1-3H3. The maximum atomic E-state index is 13.5. The molecule has 2 unspecified atom stereocenters. The first-order valence-electron chi connectivity index (χ1n) is 10.4. The first-order valence-corrected chi connectivity index (χ1v) is 10.4. The normalized spacial score (nSPS) is 18.6. The van der Waals surface area contributed by atoms with Gasteiger partial charge in [-0.05, 0) is 43.1 Å². The van der Waals surface area contributed by atoms with Gasteiger partial charge in [0.15, 0.2) is 0 Å². The third kappa shape index (κ3) is 4.39. The molecule has 0 spiro atoms. The molecular weight excluding hydrogens is 351 g/mol. The average molecular weight is 385 g/mol. The van der Waals surface area contributed by atoms with E-state index >= 15 is 0 Å². The van der Waals surface area contributed by atoms with Crippen LogP contribution in [-0.2, 0) is 10.3 Å². The van der Waals surface area contributed by atoms with Crippen LogP contribution in [0.3, 0.4) is 0 Å². The van der Waals surface area contributed by atoms with E-state index in [4.69, 9.17) is 4.74 Å². The quantitative estimate of drug-likeness (QED) is 0.648. The molecule has 2 atom stereocenters. The maximum absolute atomic E-state index is 13.5. The molecule has 1 aliphatic heterocycles. The lowest BCUT2D eigenvalue weighted by atomic mass is 9.76. The third-order valence-electron chi connectivity index (χ3n) is 6.29. The Morgan fingerprint density at radius 3 is 2.36 bits per heavy atom. The molecule has 0 bridgehead atoms. The zero-order valence-corrected chi connectivity index (χ0v) is 17.4. The minimum atomic E-state index is -0.589. The molecule has 0 N–H and O–H groups in total. The molecule has 3 nitrogen and oxygen atoms in total. The number of halogens is 1. The van der Waals surface area contributed by atoms with Crippen LogP contribution in [0.4, 0.5) is 10.1 Å². The molecule has 1 fully saturated rings. The fourth-order valence-electron chi connectivity index (χ4n) is 4.35. The first-order chi connectivity index (χ1) is 13.6. The molecule has 1 saturated heterocycles. The van der Waals surface area contributed by atoms with Crippen molar-refractivity contribution < 1.29 is 9.13 Å². The topological polar surface area (TPSA) is 15.7 Å². The summed E-state index contributed by atoms with van der Waals surface area (Å²) in [6.07, 6.45) is 0.438. The van der Waals surface area contributed by atoms with Crippen molar-refractivity contribution in [2.24, 2.45) is 0 Å². The summed E-state index contributed by atoms with van der Waals surface area (Å²) in [7, 11) is 1.74. The molecule has 0 aromatic heterocycles. The van der Waals surface area contributed by atoms with Crippen molar-refractivity contribution in [2.75, 3.05) is 51.4 Å². The summed E-state index contributed by atoms with van der Waals surface area (Å²) < 4.78 is 19.6. The fraction of sp³-hybridized carbons (Fsp3) is 0.500. The summed E-state index contributed by atoms with van der Waals surface area (Å²) in [4.78, 5) is 4.92. The minimum Gasteiger partial charge on any atom is -0.373 e. The molecule has 2 aromatic rings. The molecular formula is C24H33FN2O. The SMILES string of the molecule is CCN1CCN(c2cccc(C(C)(OC)C(CCF)c3ccccc3)c2)CC1. The van der Waals surface area contributed by atoms with Crippen molar-refractivity contribution in [1.29, 1.82) is 0 Å². The summed E-state index contributed by atoms with van der Waals surface area (Å²) in [6, 6.07) is 18.8. The average Bonchev–Trinajstić information content (AvgIpc) is 2.77. The third-order valence-corrected chi connectivity index (χ3v) is 6.29. The van der Waals surface area contributed by atoms with E-state index in [0.717, 1.165) is 43.9 Å². The molecule has 1 heterocycles. The van der Waals surface area contributed by atoms with Gasteiger partial charge in [-0.25, -0.2) is 0 Å². The molecule has 28 heavy (non-hydrogen) atoms. The van der Waals surface area contributed by atoms with Gasteiger partial charge in [0.2, 0.25) is 0 Å². The van der Waals surface area contributed by atoms with Crippen LogP contribution in [0.1, 0.15) is 37.3 Å². The Labute approximate surface area is 169 Å². The van der Waals surface area contributed by atoms with Gasteiger partial charge in [-0.2, -0.15) is 0 Å². The number of anilines is 1. The van der Waals surface area contributed by atoms with Gasteiger partial charge < -0.3 is 14.5 Å². The number of alkyl halides is 1. The van der Waals surface area contributed by atoms with Crippen LogP contribution in [0.25, 0.3) is 0 Å². The Balaban J connectivity index is 1.90. The second kappa shape index (κ2) is 9.53. The van der Waals surface area contributed by atoms with Gasteiger partial charge >= 0.3 is 0 Å². The number of rotatable bonds is 8. The van der Waals surface area contributed by atoms with Gasteiger partial charge in [0.1, 0.15) is 0 Å². The van der Waals surface area contributed by atoms with Crippen molar-refractivity contribution in [3.63, 3.8) is 0 Å². The summed E-state index contributed by atoms with van der Waals surface area (Å²) in [5, 5.41) is 0. The summed E-state index contributed by atoms with van der Waals surface area (Å²) in [6.45, 7) is 9.31. The van der Waals surface area contributed by atoms with Crippen molar-refractivity contribution in [3.8, 4) is 0 Å². The van der Waals surface area contributed by atoms with Crippen LogP contribution in [0.2, 0.25) is 0 Å². The van der Waals surface area contributed by atoms with Crippen LogP contribution < -0.4 is 4.90 Å². The van der Waals surface area contributed by atoms with Crippen LogP contribution >= 0.6 is 0 Å². The number of likely N-dealkylation sites (N-methyl/N-ethyl adjacent to an activating group) is 1. The van der Waals surface area contributed by atoms with Gasteiger partial charge in [-0.3, -0.25) is 4.39 Å². The van der Waals surface area contributed by atoms with E-state index in [0.29, 0.717) is 6.42 Å². The van der Waals surface area contributed by atoms with E-state index in [1.54, 1.807) is 7.11 Å². The summed E-state index contributed by atoms with van der Waals surface area (Å²) >= 11 is 0. The van der Waals surface area contributed by atoms with Crippen molar-refractivity contribution in [2.45, 2.75) is 31.8 Å². The Hall–Kier alpha value is -1.91. The lowest BCUT2D eigenvalue weighted by molar-refractivity contribution is -0.0264. The number of ether oxygens (including phenoxy) is 1. The molecule has 3 rings (SSSR count). The molecule has 4 heteroatoms. The number of piperazine rings is 1. The fourth-order valence-corrected chi connectivity index (χ4v) is 4.35. The summed E-state index contributed by atoms with van der Waals surface area (Å²) in [5.74, 6) is -0.0455. The zero-order chi connectivity index (χ0) is 20.0. The van der Waals surface area contributed by atoms with E-state index in [1.165, 1.54) is 5.69 Å². The predicted octanol–water partition coefficient (Wildman–Crippen LogP) is 4.83. The predicted molar refractivity (Wildman–Crippen MR) is 115 cm³/mol. The van der Waals surface area contributed by atoms with E-state index in [2.05, 4.69) is 60.0 Å². The van der Waals surface area contributed by atoms with Crippen molar-refractivity contribution >= 4 is 5.69 Å². The Morgan fingerprint density at radius 1 is 1.04 bits per heavy atom. The molecule has 1 aliphatic rings. The lowest BCUT2D eigenvalue weighted by Crippen LogP contribution is -2.46. The van der Waals surface area contributed by atoms with E-state index in [-0.39, 0.29) is 12.6 Å². The number of nitrogens with zero attached hydrogens (tertiary/aromatic N) is 2. The van der Waals surface area contributed by atoms with Gasteiger partial charge in [0.25, 0.3) is 0 Å². The molecule has 0 saturated carbocycles. The highest BCUT2D eigenvalue weighted by Crippen LogP contribution is 2.42. The zero-order valence-electron chi connectivity index (χ0n) is 17.4. The van der Waals surface area contributed by atoms with Crippen molar-refractivity contribution in [3.05, 3.63) is 65.7 Å². The van der Waals surface area contributed by atoms with Crippen LogP contribution in [-0.4, -0.2) is 51.4 Å². The second-order valence-corrected chi connectivity index (χ2v) is 7.72. The number of hydrogen-bond donors (Lipinski definition) is 0. The number of hydrogen-bond acceptors (Lipinski definition) is 3. The Morgan fingerprint density at radius 2 is 1.75 bits per heavy atom. The van der Waals surface area contributed by atoms with Gasteiger partial charge in [0.05, 0.1) is 12.3 Å². The van der Waals surface area contributed by atoms with E-state index in [1.807, 2.05) is 18.2 Å². The first kappa shape index (κ1) is 20.8. The molecule has 2 aromatic carbocycles. The van der Waals surface area contributed by atoms with Crippen LogP contribution in [0, 0.1) is 0 Å². The Bertz CT molecular complexity index is 730. The highest BCUT2D eigenvalue weighted by atomic mass is 19.1. The Kier molecular flexibility index (Phi) is 7.08. The second-order valence-electron chi connectivity index (χ2n) is 7.72. The van der Waals surface area contributed by atoms with Gasteiger partial charge in [0, 0.05) is 44.9 Å². The van der Waals surface area contributed by atoms with Gasteiger partial charge in [-0.15, -0.1) is 0 Å². The minimum absolute atomic E-state index is 0.0455. The molecule has 152 valence electrons. The van der Waals surface area contributed by atoms with E-state index < -0.39 is 5.60 Å². The maximum Gasteiger partial charge on any atom is 0.0969 e. The lowest BCUT2D eigenvalue weighted by Gasteiger charge is -2.39. The largest absolute Gasteiger partial charge is 0.373 e. The van der Waals surface area contributed by atoms with E-state index in [9.17, 15) is 4.39 Å². The summed E-state index contributed by atoms with van der Waals surface area (Å²) in [5.41, 5.74) is 2.86. The van der Waals surface area contributed by atoms with Crippen molar-refractivity contribution in [1.82, 2.24) is 4.90 Å². The molecule has 0 amide bonds. The highest BCUT2D eigenvalue weighted by Gasteiger charge is 2.37. The number of benzene rings is 2. The smallest absolute Gasteiger partial charge is 0.0969 e. The highest BCUT2D eigenvalue weighted by molar-refractivity contribution is 5.51. The molecule has 0 aliphatic carbocycles. The molecule has 0 radical (unpaired) electrons. The van der Waals surface area contributed by atoms with Crippen LogP contribution in [0.15, 0.2) is 54.6 Å². The van der Waals surface area contributed by atoms with Crippen LogP contribution in [0.5, 0.6) is 0 Å². The monoisotopic (exact) mass is 384 g/mol.